The van der Waals surface area contributed by atoms with Crippen molar-refractivity contribution in [3.8, 4) is 11.5 Å². The van der Waals surface area contributed by atoms with Crippen LogP contribution in [-0.4, -0.2) is 16.8 Å². The molecule has 5 aromatic carbocycles. The smallest absolute Gasteiger partial charge is 0.206 e. The minimum Gasteiger partial charge on any atom is -0.489 e. The van der Waals surface area contributed by atoms with Crippen LogP contribution in [0.1, 0.15) is 11.1 Å². The van der Waals surface area contributed by atoms with Gasteiger partial charge in [0.15, 0.2) is 0 Å². The van der Waals surface area contributed by atoms with E-state index in [0.717, 1.165) is 11.1 Å². The summed E-state index contributed by atoms with van der Waals surface area (Å²) >= 11 is 0. The summed E-state index contributed by atoms with van der Waals surface area (Å²) in [7, 11) is -7.14. The summed E-state index contributed by atoms with van der Waals surface area (Å²) in [6, 6.07) is 37.1. The Balaban J connectivity index is 1.13. The van der Waals surface area contributed by atoms with Crippen LogP contribution >= 0.6 is 0 Å². The SMILES string of the molecule is O=S(=O)(c1ccccc1)c1ccc(OCc2ccc(COc3ccc(S(=O)(=O)c4ccccc4)cc3)cc2)cc1. The van der Waals surface area contributed by atoms with Gasteiger partial charge >= 0.3 is 0 Å². The number of benzene rings is 5. The topological polar surface area (TPSA) is 86.7 Å². The van der Waals surface area contributed by atoms with E-state index < -0.39 is 19.7 Å². The molecule has 0 fully saturated rings. The monoisotopic (exact) mass is 570 g/mol. The van der Waals surface area contributed by atoms with Gasteiger partial charge in [0, 0.05) is 0 Å². The lowest BCUT2D eigenvalue weighted by atomic mass is 10.1. The van der Waals surface area contributed by atoms with E-state index in [-0.39, 0.29) is 19.6 Å². The molecule has 0 radical (unpaired) electrons. The van der Waals surface area contributed by atoms with Gasteiger partial charge in [0.2, 0.25) is 19.7 Å². The Hall–Kier alpha value is -4.40. The summed E-state index contributed by atoms with van der Waals surface area (Å²) in [4.78, 5) is 0.923. The first-order chi connectivity index (χ1) is 19.3. The lowest BCUT2D eigenvalue weighted by Crippen LogP contribution is -2.02. The van der Waals surface area contributed by atoms with Gasteiger partial charge in [0.25, 0.3) is 0 Å². The van der Waals surface area contributed by atoms with Gasteiger partial charge in [0.1, 0.15) is 24.7 Å². The number of sulfone groups is 2. The predicted molar refractivity (Wildman–Crippen MR) is 152 cm³/mol. The largest absolute Gasteiger partial charge is 0.489 e. The molecule has 8 heteroatoms. The third kappa shape index (κ3) is 6.25. The molecule has 0 aromatic heterocycles. The second-order valence-electron chi connectivity index (χ2n) is 8.97. The highest BCUT2D eigenvalue weighted by Gasteiger charge is 2.18. The quantitative estimate of drug-likeness (QED) is 0.190. The number of rotatable bonds is 10. The third-order valence-corrected chi connectivity index (χ3v) is 9.78. The molecule has 0 amide bonds. The molecule has 0 aliphatic carbocycles. The average molecular weight is 571 g/mol. The minimum absolute atomic E-state index is 0.211. The molecule has 0 N–H and O–H groups in total. The van der Waals surface area contributed by atoms with Crippen molar-refractivity contribution < 1.29 is 26.3 Å². The zero-order valence-corrected chi connectivity index (χ0v) is 23.0. The van der Waals surface area contributed by atoms with Crippen molar-refractivity contribution >= 4 is 19.7 Å². The second-order valence-corrected chi connectivity index (χ2v) is 12.9. The van der Waals surface area contributed by atoms with Crippen LogP contribution in [0.3, 0.4) is 0 Å². The Kier molecular flexibility index (Phi) is 8.00. The van der Waals surface area contributed by atoms with Gasteiger partial charge in [-0.2, -0.15) is 0 Å². The zero-order chi connectivity index (χ0) is 28.0. The van der Waals surface area contributed by atoms with Gasteiger partial charge in [-0.15, -0.1) is 0 Å². The first-order valence-electron chi connectivity index (χ1n) is 12.5. The van der Waals surface area contributed by atoms with Crippen molar-refractivity contribution in [3.63, 3.8) is 0 Å². The van der Waals surface area contributed by atoms with E-state index in [1.165, 1.54) is 0 Å². The lowest BCUT2D eigenvalue weighted by molar-refractivity contribution is 0.302. The van der Waals surface area contributed by atoms with Crippen molar-refractivity contribution in [2.45, 2.75) is 32.8 Å². The third-order valence-electron chi connectivity index (χ3n) is 6.21. The summed E-state index contributed by atoms with van der Waals surface area (Å²) in [5, 5.41) is 0. The van der Waals surface area contributed by atoms with E-state index in [2.05, 4.69) is 0 Å². The normalized spacial score (nSPS) is 11.6. The van der Waals surface area contributed by atoms with Crippen molar-refractivity contribution in [3.05, 3.63) is 145 Å². The van der Waals surface area contributed by atoms with Crippen LogP contribution in [0.2, 0.25) is 0 Å². The van der Waals surface area contributed by atoms with Crippen molar-refractivity contribution in [1.29, 1.82) is 0 Å². The summed E-state index contributed by atoms with van der Waals surface area (Å²) in [5.41, 5.74) is 1.89. The van der Waals surface area contributed by atoms with Crippen LogP contribution in [-0.2, 0) is 32.9 Å². The Morgan fingerprint density at radius 3 is 1.00 bits per heavy atom. The highest BCUT2D eigenvalue weighted by atomic mass is 32.2. The predicted octanol–water partition coefficient (Wildman–Crippen LogP) is 6.51. The van der Waals surface area contributed by atoms with E-state index in [1.807, 2.05) is 24.3 Å². The van der Waals surface area contributed by atoms with Crippen LogP contribution in [0.25, 0.3) is 0 Å². The molecule has 0 saturated carbocycles. The molecule has 0 atom stereocenters. The average Bonchev–Trinajstić information content (AvgIpc) is 3.01. The van der Waals surface area contributed by atoms with Gasteiger partial charge < -0.3 is 9.47 Å². The van der Waals surface area contributed by atoms with Crippen molar-refractivity contribution in [1.82, 2.24) is 0 Å². The number of ether oxygens (including phenoxy) is 2. The maximum absolute atomic E-state index is 12.7. The molecule has 0 aliphatic heterocycles. The highest BCUT2D eigenvalue weighted by molar-refractivity contribution is 7.91. The van der Waals surface area contributed by atoms with E-state index in [4.69, 9.17) is 9.47 Å². The molecule has 202 valence electrons. The van der Waals surface area contributed by atoms with Gasteiger partial charge in [-0.3, -0.25) is 0 Å². The fourth-order valence-corrected chi connectivity index (χ4v) is 6.53. The molecule has 0 aliphatic rings. The Morgan fingerprint density at radius 2 is 0.675 bits per heavy atom. The lowest BCUT2D eigenvalue weighted by Gasteiger charge is -2.10. The summed E-state index contributed by atoms with van der Waals surface area (Å²) in [6.07, 6.45) is 0. The number of hydrogen-bond acceptors (Lipinski definition) is 6. The van der Waals surface area contributed by atoms with E-state index in [0.29, 0.717) is 24.7 Å². The standard InChI is InChI=1S/C32H26O6S2/c33-39(34,29-7-3-1-4-8-29)31-19-15-27(16-20-31)37-23-25-11-13-26(14-12-25)24-38-28-17-21-32(22-18-28)40(35,36)30-9-5-2-6-10-30/h1-22H,23-24H2. The summed E-state index contributed by atoms with van der Waals surface area (Å²) < 4.78 is 62.6. The van der Waals surface area contributed by atoms with Crippen molar-refractivity contribution in [2.75, 3.05) is 0 Å². The molecular weight excluding hydrogens is 544 g/mol. The molecule has 0 heterocycles. The fraction of sp³-hybridized carbons (Fsp3) is 0.0625. The molecule has 5 rings (SSSR count). The van der Waals surface area contributed by atoms with Crippen LogP contribution in [0, 0.1) is 0 Å². The van der Waals surface area contributed by atoms with Crippen molar-refractivity contribution in [2.24, 2.45) is 0 Å². The van der Waals surface area contributed by atoms with Crippen LogP contribution in [0.4, 0.5) is 0 Å². The molecule has 0 saturated heterocycles. The molecule has 0 unspecified atom stereocenters. The van der Waals surface area contributed by atoms with Gasteiger partial charge in [0.05, 0.1) is 19.6 Å². The van der Waals surface area contributed by atoms with Crippen LogP contribution in [0.5, 0.6) is 11.5 Å². The molecule has 0 bridgehead atoms. The Bertz CT molecular complexity index is 1630. The Labute approximate surface area is 234 Å². The van der Waals surface area contributed by atoms with E-state index in [9.17, 15) is 16.8 Å². The zero-order valence-electron chi connectivity index (χ0n) is 21.4. The van der Waals surface area contributed by atoms with Crippen LogP contribution in [0.15, 0.2) is 153 Å². The van der Waals surface area contributed by atoms with E-state index in [1.54, 1.807) is 109 Å². The molecular formula is C32H26O6S2. The van der Waals surface area contributed by atoms with E-state index >= 15 is 0 Å². The maximum Gasteiger partial charge on any atom is 0.206 e. The molecule has 0 spiro atoms. The molecule has 40 heavy (non-hydrogen) atoms. The second kappa shape index (κ2) is 11.8. The van der Waals surface area contributed by atoms with Crippen LogP contribution < -0.4 is 9.47 Å². The minimum atomic E-state index is -3.57. The maximum atomic E-state index is 12.7. The highest BCUT2D eigenvalue weighted by Crippen LogP contribution is 2.25. The fourth-order valence-electron chi connectivity index (χ4n) is 3.97. The summed E-state index contributed by atoms with van der Waals surface area (Å²) in [6.45, 7) is 0.645. The first kappa shape index (κ1) is 27.2. The van der Waals surface area contributed by atoms with Gasteiger partial charge in [-0.1, -0.05) is 60.7 Å². The number of hydrogen-bond donors (Lipinski definition) is 0. The Morgan fingerprint density at radius 1 is 0.375 bits per heavy atom. The summed E-state index contributed by atoms with van der Waals surface area (Å²) in [5.74, 6) is 1.13. The first-order valence-corrected chi connectivity index (χ1v) is 15.4. The molecule has 6 nitrogen and oxygen atoms in total. The van der Waals surface area contributed by atoms with Gasteiger partial charge in [-0.05, 0) is 83.9 Å². The van der Waals surface area contributed by atoms with Gasteiger partial charge in [-0.25, -0.2) is 16.8 Å². The molecule has 5 aromatic rings.